The van der Waals surface area contributed by atoms with Gasteiger partial charge in [0.05, 0.1) is 21.5 Å². The van der Waals surface area contributed by atoms with Gasteiger partial charge in [0.2, 0.25) is 0 Å². The number of nitrogens with zero attached hydrogens (tertiary/aromatic N) is 4. The topological polar surface area (TPSA) is 54.0 Å². The summed E-state index contributed by atoms with van der Waals surface area (Å²) >= 11 is 6.01. The zero-order valence-corrected chi connectivity index (χ0v) is 15.8. The third-order valence-corrected chi connectivity index (χ3v) is 5.60. The van der Waals surface area contributed by atoms with E-state index in [1.165, 1.54) is 12.8 Å². The van der Waals surface area contributed by atoms with Crippen LogP contribution < -0.4 is 5.56 Å². The molecule has 1 aliphatic rings. The summed E-state index contributed by atoms with van der Waals surface area (Å²) in [6.07, 6.45) is 6.33. The predicted molar refractivity (Wildman–Crippen MR) is 107 cm³/mol. The highest BCUT2D eigenvalue weighted by atomic mass is 35.5. The van der Waals surface area contributed by atoms with E-state index in [0.717, 1.165) is 42.6 Å². The van der Waals surface area contributed by atoms with Crippen molar-refractivity contribution in [3.05, 3.63) is 69.2 Å². The summed E-state index contributed by atoms with van der Waals surface area (Å²) in [5.41, 5.74) is 2.41. The van der Waals surface area contributed by atoms with Crippen molar-refractivity contribution in [2.75, 3.05) is 19.6 Å². The second-order valence-corrected chi connectivity index (χ2v) is 7.44. The summed E-state index contributed by atoms with van der Waals surface area (Å²) in [6.45, 7) is 4.52. The van der Waals surface area contributed by atoms with Crippen LogP contribution in [-0.2, 0) is 13.1 Å². The van der Waals surface area contributed by atoms with Gasteiger partial charge < -0.3 is 14.0 Å². The van der Waals surface area contributed by atoms with Crippen LogP contribution in [0.1, 0.15) is 24.0 Å². The molecule has 0 spiro atoms. The normalized spacial score (nSPS) is 14.7. The van der Waals surface area contributed by atoms with Crippen molar-refractivity contribution in [2.24, 2.45) is 0 Å². The molecule has 0 amide bonds. The van der Waals surface area contributed by atoms with Crippen LogP contribution in [0.5, 0.6) is 0 Å². The number of aromatic nitrogens is 2. The van der Waals surface area contributed by atoms with Crippen LogP contribution in [0.3, 0.4) is 0 Å². The number of halogens is 1. The summed E-state index contributed by atoms with van der Waals surface area (Å²) in [4.78, 5) is 15.2. The van der Waals surface area contributed by atoms with E-state index in [-0.39, 0.29) is 5.56 Å². The number of fused-ring (bicyclic) bond motifs is 1. The summed E-state index contributed by atoms with van der Waals surface area (Å²) in [5, 5.41) is 10.3. The highest BCUT2D eigenvalue weighted by Crippen LogP contribution is 2.19. The van der Waals surface area contributed by atoms with Crippen LogP contribution in [0, 0.1) is 11.3 Å². The Morgan fingerprint density at radius 3 is 2.59 bits per heavy atom. The average Bonchev–Trinajstić information content (AvgIpc) is 3.33. The van der Waals surface area contributed by atoms with Crippen LogP contribution in [-0.4, -0.2) is 33.7 Å². The van der Waals surface area contributed by atoms with Crippen LogP contribution >= 0.6 is 11.6 Å². The summed E-state index contributed by atoms with van der Waals surface area (Å²) in [5.74, 6) is 0. The lowest BCUT2D eigenvalue weighted by atomic mass is 10.1. The average molecular weight is 381 g/mol. The van der Waals surface area contributed by atoms with Gasteiger partial charge in [-0.2, -0.15) is 5.26 Å². The fraction of sp³-hybridized carbons (Fsp3) is 0.333. The Morgan fingerprint density at radius 1 is 1.04 bits per heavy atom. The molecule has 0 unspecified atom stereocenters. The monoisotopic (exact) mass is 380 g/mol. The van der Waals surface area contributed by atoms with Gasteiger partial charge in [0, 0.05) is 32.0 Å². The second kappa shape index (κ2) is 7.59. The molecule has 3 heterocycles. The van der Waals surface area contributed by atoms with Gasteiger partial charge >= 0.3 is 0 Å². The number of hydrogen-bond acceptors (Lipinski definition) is 3. The molecular weight excluding hydrogens is 360 g/mol. The van der Waals surface area contributed by atoms with Gasteiger partial charge in [0.15, 0.2) is 0 Å². The molecule has 1 aromatic carbocycles. The van der Waals surface area contributed by atoms with Gasteiger partial charge in [-0.25, -0.2) is 0 Å². The van der Waals surface area contributed by atoms with Crippen LogP contribution in [0.15, 0.2) is 47.5 Å². The Balaban J connectivity index is 1.57. The first-order valence-corrected chi connectivity index (χ1v) is 9.63. The maximum absolute atomic E-state index is 12.8. The number of likely N-dealkylation sites (tertiary alicyclic amines) is 1. The van der Waals surface area contributed by atoms with E-state index < -0.39 is 0 Å². The third-order valence-electron chi connectivity index (χ3n) is 5.27. The molecule has 6 heteroatoms. The van der Waals surface area contributed by atoms with Gasteiger partial charge in [0.25, 0.3) is 5.56 Å². The number of hydrogen-bond donors (Lipinski definition) is 0. The van der Waals surface area contributed by atoms with Crippen molar-refractivity contribution < 1.29 is 0 Å². The minimum Gasteiger partial charge on any atom is -0.343 e. The van der Waals surface area contributed by atoms with Crippen molar-refractivity contribution in [1.82, 2.24) is 14.0 Å². The zero-order chi connectivity index (χ0) is 18.8. The molecule has 1 fully saturated rings. The molecule has 0 saturated carbocycles. The molecule has 3 aromatic rings. The molecule has 0 radical (unpaired) electrons. The Hall–Kier alpha value is -2.55. The largest absolute Gasteiger partial charge is 0.343 e. The van der Waals surface area contributed by atoms with Gasteiger partial charge in [-0.1, -0.05) is 17.7 Å². The highest BCUT2D eigenvalue weighted by Gasteiger charge is 2.13. The number of rotatable bonds is 5. The van der Waals surface area contributed by atoms with E-state index in [0.29, 0.717) is 17.1 Å². The zero-order valence-electron chi connectivity index (χ0n) is 15.1. The first-order valence-electron chi connectivity index (χ1n) is 9.25. The molecule has 0 atom stereocenters. The molecule has 2 aromatic heterocycles. The maximum Gasteiger partial charge on any atom is 0.260 e. The van der Waals surface area contributed by atoms with E-state index in [1.807, 2.05) is 35.2 Å². The van der Waals surface area contributed by atoms with Crippen LogP contribution in [0.4, 0.5) is 0 Å². The molecule has 1 aliphatic heterocycles. The number of pyridine rings is 1. The standard InChI is InChI=1S/C21H21ClN4O/c22-19-4-3-16(13-17(19)14-23)15-26-9-5-18-20(26)6-10-25(21(18)27)12-11-24-7-1-2-8-24/h3-6,9-10,13H,1-2,7-8,11-12,15H2. The molecular formula is C21H21ClN4O. The Bertz CT molecular complexity index is 1070. The molecule has 27 heavy (non-hydrogen) atoms. The SMILES string of the molecule is N#Cc1cc(Cn2ccc3c(=O)n(CCN4CCCC4)ccc32)ccc1Cl. The Morgan fingerprint density at radius 2 is 1.81 bits per heavy atom. The second-order valence-electron chi connectivity index (χ2n) is 7.03. The first kappa shape index (κ1) is 17.8. The van der Waals surface area contributed by atoms with E-state index >= 15 is 0 Å². The smallest absolute Gasteiger partial charge is 0.260 e. The van der Waals surface area contributed by atoms with Crippen LogP contribution in [0.2, 0.25) is 5.02 Å². The van der Waals surface area contributed by atoms with Crippen molar-refractivity contribution in [3.63, 3.8) is 0 Å². The molecule has 1 saturated heterocycles. The van der Waals surface area contributed by atoms with E-state index in [2.05, 4.69) is 11.0 Å². The lowest BCUT2D eigenvalue weighted by Crippen LogP contribution is -2.28. The minimum atomic E-state index is 0.0549. The maximum atomic E-state index is 12.8. The molecule has 0 aliphatic carbocycles. The van der Waals surface area contributed by atoms with Gasteiger partial charge in [-0.3, -0.25) is 4.79 Å². The molecule has 0 bridgehead atoms. The highest BCUT2D eigenvalue weighted by molar-refractivity contribution is 6.31. The fourth-order valence-electron chi connectivity index (χ4n) is 3.76. The quantitative estimate of drug-likeness (QED) is 0.681. The lowest BCUT2D eigenvalue weighted by Gasteiger charge is -2.15. The number of nitriles is 1. The summed E-state index contributed by atoms with van der Waals surface area (Å²) < 4.78 is 3.84. The third kappa shape index (κ3) is 3.64. The van der Waals surface area contributed by atoms with Crippen LogP contribution in [0.25, 0.3) is 10.9 Å². The fourth-order valence-corrected chi connectivity index (χ4v) is 3.92. The predicted octanol–water partition coefficient (Wildman–Crippen LogP) is 3.47. The van der Waals surface area contributed by atoms with E-state index in [1.54, 1.807) is 16.7 Å². The molecule has 4 rings (SSSR count). The minimum absolute atomic E-state index is 0.0549. The van der Waals surface area contributed by atoms with Gasteiger partial charge in [0.1, 0.15) is 6.07 Å². The van der Waals surface area contributed by atoms with Crippen molar-refractivity contribution in [1.29, 1.82) is 5.26 Å². The summed E-state index contributed by atoms with van der Waals surface area (Å²) in [6, 6.07) is 11.4. The Labute approximate surface area is 163 Å². The molecule has 5 nitrogen and oxygen atoms in total. The van der Waals surface area contributed by atoms with E-state index in [4.69, 9.17) is 16.9 Å². The molecule has 0 N–H and O–H groups in total. The number of benzene rings is 1. The van der Waals surface area contributed by atoms with Gasteiger partial charge in [-0.05, 0) is 55.8 Å². The Kier molecular flexibility index (Phi) is 5.02. The van der Waals surface area contributed by atoms with Crippen molar-refractivity contribution >= 4 is 22.5 Å². The summed E-state index contributed by atoms with van der Waals surface area (Å²) in [7, 11) is 0. The van der Waals surface area contributed by atoms with Crippen molar-refractivity contribution in [2.45, 2.75) is 25.9 Å². The first-order chi connectivity index (χ1) is 13.2. The van der Waals surface area contributed by atoms with E-state index in [9.17, 15) is 4.79 Å². The van der Waals surface area contributed by atoms with Crippen molar-refractivity contribution in [3.8, 4) is 6.07 Å². The lowest BCUT2D eigenvalue weighted by molar-refractivity contribution is 0.321. The van der Waals surface area contributed by atoms with Gasteiger partial charge in [-0.15, -0.1) is 0 Å². The molecule has 138 valence electrons.